The van der Waals surface area contributed by atoms with Gasteiger partial charge in [-0.1, -0.05) is 0 Å². The number of amides is 1. The van der Waals surface area contributed by atoms with E-state index in [9.17, 15) is 18.0 Å². The molecule has 7 nitrogen and oxygen atoms in total. The van der Waals surface area contributed by atoms with Gasteiger partial charge < -0.3 is 19.4 Å². The van der Waals surface area contributed by atoms with Crippen LogP contribution in [-0.2, 0) is 10.9 Å². The summed E-state index contributed by atoms with van der Waals surface area (Å²) < 4.78 is 44.3. The second-order valence-electron chi connectivity index (χ2n) is 8.63. The molecule has 0 bridgehead atoms. The Morgan fingerprint density at radius 2 is 1.87 bits per heavy atom. The first-order valence-corrected chi connectivity index (χ1v) is 10.0. The van der Waals surface area contributed by atoms with Gasteiger partial charge in [0.25, 0.3) is 0 Å². The Labute approximate surface area is 178 Å². The number of hydrogen-bond acceptors (Lipinski definition) is 6. The summed E-state index contributed by atoms with van der Waals surface area (Å²) in [4.78, 5) is 26.8. The van der Waals surface area contributed by atoms with Crippen molar-refractivity contribution in [3.63, 3.8) is 0 Å². The molecule has 2 aromatic heterocycles. The number of halogens is 3. The van der Waals surface area contributed by atoms with Crippen molar-refractivity contribution in [2.75, 3.05) is 36.0 Å². The van der Waals surface area contributed by atoms with Crippen LogP contribution in [-0.4, -0.2) is 58.8 Å². The van der Waals surface area contributed by atoms with Gasteiger partial charge >= 0.3 is 12.3 Å². The summed E-state index contributed by atoms with van der Waals surface area (Å²) in [6.07, 6.45) is -2.30. The van der Waals surface area contributed by atoms with Gasteiger partial charge in [-0.25, -0.2) is 14.8 Å². The minimum absolute atomic E-state index is 0.104. The van der Waals surface area contributed by atoms with E-state index in [1.54, 1.807) is 17.2 Å². The molecule has 0 aromatic carbocycles. The standard InChI is InChI=1S/C21H24F3N5O2/c1-20(2,3)31-19(30)27-9-10-28-15(12-27)13-29(16-5-4-8-25-18(16)28)17-7-6-14(11-26-17)21(22,23)24/h4-8,11,15H,9-10,12-13H2,1-3H3. The van der Waals surface area contributed by atoms with Crippen LogP contribution in [0.15, 0.2) is 36.7 Å². The second kappa shape index (κ2) is 7.58. The molecule has 0 spiro atoms. The van der Waals surface area contributed by atoms with E-state index in [0.29, 0.717) is 32.0 Å². The number of hydrogen-bond donors (Lipinski definition) is 0. The average molecular weight is 435 g/mol. The maximum Gasteiger partial charge on any atom is 0.417 e. The van der Waals surface area contributed by atoms with Crippen molar-refractivity contribution < 1.29 is 22.7 Å². The third kappa shape index (κ3) is 4.38. The zero-order chi connectivity index (χ0) is 22.4. The Hall–Kier alpha value is -3.04. The molecule has 0 aliphatic carbocycles. The number of aromatic nitrogens is 2. The average Bonchev–Trinajstić information content (AvgIpc) is 2.71. The maximum absolute atomic E-state index is 12.9. The van der Waals surface area contributed by atoms with Gasteiger partial charge in [0.05, 0.1) is 17.3 Å². The molecule has 4 rings (SSSR count). The number of ether oxygens (including phenoxy) is 1. The molecule has 0 radical (unpaired) electrons. The fourth-order valence-electron chi connectivity index (χ4n) is 3.84. The molecular weight excluding hydrogens is 411 g/mol. The predicted octanol–water partition coefficient (Wildman–Crippen LogP) is 4.07. The highest BCUT2D eigenvalue weighted by atomic mass is 19.4. The van der Waals surface area contributed by atoms with Crippen molar-refractivity contribution in [1.29, 1.82) is 0 Å². The first-order valence-electron chi connectivity index (χ1n) is 10.0. The van der Waals surface area contributed by atoms with Crippen LogP contribution in [0, 0.1) is 0 Å². The third-order valence-corrected chi connectivity index (χ3v) is 5.21. The highest BCUT2D eigenvalue weighted by Crippen LogP contribution is 2.39. The summed E-state index contributed by atoms with van der Waals surface area (Å²) in [6, 6.07) is 5.95. The van der Waals surface area contributed by atoms with E-state index in [2.05, 4.69) is 14.9 Å². The molecule has 1 amide bonds. The summed E-state index contributed by atoms with van der Waals surface area (Å²) in [6.45, 7) is 7.42. The quantitative estimate of drug-likeness (QED) is 0.673. The van der Waals surface area contributed by atoms with E-state index in [4.69, 9.17) is 4.74 Å². The second-order valence-corrected chi connectivity index (χ2v) is 8.63. The minimum atomic E-state index is -4.44. The van der Waals surface area contributed by atoms with Crippen LogP contribution < -0.4 is 9.80 Å². The van der Waals surface area contributed by atoms with Crippen LogP contribution in [0.3, 0.4) is 0 Å². The molecule has 1 atom stereocenters. The summed E-state index contributed by atoms with van der Waals surface area (Å²) in [5.74, 6) is 1.13. The van der Waals surface area contributed by atoms with E-state index >= 15 is 0 Å². The topological polar surface area (TPSA) is 61.8 Å². The number of piperazine rings is 1. The smallest absolute Gasteiger partial charge is 0.417 e. The van der Waals surface area contributed by atoms with Crippen molar-refractivity contribution in [3.8, 4) is 0 Å². The third-order valence-electron chi connectivity index (χ3n) is 5.21. The lowest BCUT2D eigenvalue weighted by Crippen LogP contribution is -2.61. The number of nitrogens with zero attached hydrogens (tertiary/aromatic N) is 5. The van der Waals surface area contributed by atoms with E-state index in [1.807, 2.05) is 31.7 Å². The van der Waals surface area contributed by atoms with Crippen molar-refractivity contribution >= 4 is 23.4 Å². The fourth-order valence-corrected chi connectivity index (χ4v) is 3.84. The van der Waals surface area contributed by atoms with Crippen LogP contribution in [0.25, 0.3) is 0 Å². The summed E-state index contributed by atoms with van der Waals surface area (Å²) >= 11 is 0. The molecular formula is C21H24F3N5O2. The van der Waals surface area contributed by atoms with Gasteiger partial charge in [-0.2, -0.15) is 13.2 Å². The van der Waals surface area contributed by atoms with Gasteiger partial charge in [0, 0.05) is 38.6 Å². The molecule has 1 fully saturated rings. The molecule has 2 aliphatic heterocycles. The van der Waals surface area contributed by atoms with Gasteiger partial charge in [-0.3, -0.25) is 0 Å². The van der Waals surface area contributed by atoms with Gasteiger partial charge in [-0.05, 0) is 45.0 Å². The Morgan fingerprint density at radius 1 is 1.10 bits per heavy atom. The lowest BCUT2D eigenvalue weighted by Gasteiger charge is -2.48. The summed E-state index contributed by atoms with van der Waals surface area (Å²) in [5, 5.41) is 0. The molecule has 1 unspecified atom stereocenters. The van der Waals surface area contributed by atoms with Gasteiger partial charge in [0.1, 0.15) is 11.4 Å². The number of rotatable bonds is 1. The summed E-state index contributed by atoms with van der Waals surface area (Å²) in [7, 11) is 0. The van der Waals surface area contributed by atoms with Crippen molar-refractivity contribution in [2.45, 2.75) is 38.6 Å². The van der Waals surface area contributed by atoms with E-state index in [-0.39, 0.29) is 12.1 Å². The number of fused-ring (bicyclic) bond motifs is 3. The predicted molar refractivity (Wildman–Crippen MR) is 109 cm³/mol. The Bertz CT molecular complexity index is 959. The highest BCUT2D eigenvalue weighted by Gasteiger charge is 2.39. The van der Waals surface area contributed by atoms with Crippen molar-refractivity contribution in [2.24, 2.45) is 0 Å². The van der Waals surface area contributed by atoms with E-state index < -0.39 is 17.3 Å². The monoisotopic (exact) mass is 435 g/mol. The first-order chi connectivity index (χ1) is 14.5. The molecule has 2 aliphatic rings. The van der Waals surface area contributed by atoms with Gasteiger partial charge in [-0.15, -0.1) is 0 Å². The lowest BCUT2D eigenvalue weighted by molar-refractivity contribution is -0.137. The number of anilines is 3. The molecule has 2 aromatic rings. The maximum atomic E-state index is 12.9. The molecule has 1 saturated heterocycles. The Morgan fingerprint density at radius 3 is 2.52 bits per heavy atom. The Kier molecular flexibility index (Phi) is 5.18. The van der Waals surface area contributed by atoms with Crippen LogP contribution in [0.5, 0.6) is 0 Å². The van der Waals surface area contributed by atoms with Crippen LogP contribution in [0.2, 0.25) is 0 Å². The van der Waals surface area contributed by atoms with E-state index in [1.165, 1.54) is 6.07 Å². The number of pyridine rings is 2. The molecule has 0 N–H and O–H groups in total. The van der Waals surface area contributed by atoms with Crippen molar-refractivity contribution in [1.82, 2.24) is 14.9 Å². The van der Waals surface area contributed by atoms with Crippen LogP contribution in [0.4, 0.5) is 35.3 Å². The minimum Gasteiger partial charge on any atom is -0.444 e. The largest absolute Gasteiger partial charge is 0.444 e. The van der Waals surface area contributed by atoms with Gasteiger partial charge in [0.15, 0.2) is 5.82 Å². The number of carbonyl (C=O) groups is 1. The number of alkyl halides is 3. The van der Waals surface area contributed by atoms with Crippen LogP contribution >= 0.6 is 0 Å². The molecule has 10 heteroatoms. The normalized spacial score (nSPS) is 19.0. The number of carbonyl (C=O) groups excluding carboxylic acids is 1. The SMILES string of the molecule is CC(C)(C)OC(=O)N1CCN2c3ncccc3N(c3ccc(C(F)(F)F)cn3)CC2C1. The molecule has 0 saturated carbocycles. The molecule has 166 valence electrons. The van der Waals surface area contributed by atoms with Gasteiger partial charge in [0.2, 0.25) is 0 Å². The molecule has 4 heterocycles. The van der Waals surface area contributed by atoms with Crippen LogP contribution in [0.1, 0.15) is 26.3 Å². The molecule has 31 heavy (non-hydrogen) atoms. The zero-order valence-corrected chi connectivity index (χ0v) is 17.6. The zero-order valence-electron chi connectivity index (χ0n) is 17.6. The highest BCUT2D eigenvalue weighted by molar-refractivity contribution is 5.77. The lowest BCUT2D eigenvalue weighted by atomic mass is 10.1. The van der Waals surface area contributed by atoms with E-state index in [0.717, 1.165) is 23.8 Å². The van der Waals surface area contributed by atoms with Crippen molar-refractivity contribution in [3.05, 3.63) is 42.2 Å². The first kappa shape index (κ1) is 21.2. The summed E-state index contributed by atoms with van der Waals surface area (Å²) in [5.41, 5.74) is -0.614. The fraction of sp³-hybridized carbons (Fsp3) is 0.476. The Balaban J connectivity index is 1.61.